The van der Waals surface area contributed by atoms with E-state index < -0.39 is 5.92 Å². The van der Waals surface area contributed by atoms with E-state index in [9.17, 15) is 13.6 Å². The molecule has 6 rings (SSSR count). The van der Waals surface area contributed by atoms with Crippen molar-refractivity contribution in [1.29, 1.82) is 0 Å². The lowest BCUT2D eigenvalue weighted by molar-refractivity contribution is -0.0390. The van der Waals surface area contributed by atoms with Gasteiger partial charge in [0.15, 0.2) is 0 Å². The summed E-state index contributed by atoms with van der Waals surface area (Å²) in [6, 6.07) is 6.33. The van der Waals surface area contributed by atoms with Gasteiger partial charge in [0.05, 0.1) is 17.9 Å². The lowest BCUT2D eigenvalue weighted by Crippen LogP contribution is -2.43. The summed E-state index contributed by atoms with van der Waals surface area (Å²) in [7, 11) is 1.64. The van der Waals surface area contributed by atoms with Gasteiger partial charge in [-0.1, -0.05) is 12.1 Å². The van der Waals surface area contributed by atoms with Crippen LogP contribution in [0.2, 0.25) is 0 Å². The first-order valence-electron chi connectivity index (χ1n) is 13.8. The van der Waals surface area contributed by atoms with Crippen LogP contribution in [-0.4, -0.2) is 58.2 Å². The number of aromatic nitrogens is 3. The number of rotatable bonds is 3. The minimum Gasteiger partial charge on any atom is -0.381 e. The SMILES string of the molecule is CNC(=O)N1CCn2c(C3CCC(F)(F)CC3)nc(-c3c(C)ccc4cc(C5CCOCC5)ncc34)c2C1. The van der Waals surface area contributed by atoms with Crippen molar-refractivity contribution in [2.24, 2.45) is 0 Å². The second-order valence-corrected chi connectivity index (χ2v) is 11.0. The average Bonchev–Trinajstić information content (AvgIpc) is 3.31. The number of nitrogens with one attached hydrogen (secondary N) is 1. The van der Waals surface area contributed by atoms with Gasteiger partial charge in [0.2, 0.25) is 5.92 Å². The van der Waals surface area contributed by atoms with Gasteiger partial charge in [-0.15, -0.1) is 0 Å². The Balaban J connectivity index is 1.46. The molecule has 1 saturated heterocycles. The topological polar surface area (TPSA) is 72.3 Å². The Bertz CT molecular complexity index is 1350. The number of carbonyl (C=O) groups is 1. The van der Waals surface area contributed by atoms with Crippen LogP contribution in [-0.2, 0) is 17.8 Å². The third-order valence-electron chi connectivity index (χ3n) is 8.63. The molecule has 1 aliphatic carbocycles. The van der Waals surface area contributed by atoms with E-state index >= 15 is 0 Å². The van der Waals surface area contributed by atoms with Gasteiger partial charge in [0.1, 0.15) is 5.82 Å². The second-order valence-electron chi connectivity index (χ2n) is 11.0. The number of imidazole rings is 1. The molecule has 4 heterocycles. The molecule has 2 amide bonds. The number of halogens is 2. The van der Waals surface area contributed by atoms with Crippen molar-refractivity contribution >= 4 is 16.8 Å². The molecule has 0 radical (unpaired) electrons. The highest BCUT2D eigenvalue weighted by Gasteiger charge is 2.38. The Kier molecular flexibility index (Phi) is 6.58. The van der Waals surface area contributed by atoms with Gasteiger partial charge in [-0.05, 0) is 49.6 Å². The molecule has 7 nitrogen and oxygen atoms in total. The summed E-state index contributed by atoms with van der Waals surface area (Å²) in [5, 5.41) is 4.88. The molecular weight excluding hydrogens is 488 g/mol. The lowest BCUT2D eigenvalue weighted by atomic mass is 9.86. The molecule has 9 heteroatoms. The summed E-state index contributed by atoms with van der Waals surface area (Å²) in [5.41, 5.74) is 5.00. The summed E-state index contributed by atoms with van der Waals surface area (Å²) >= 11 is 0. The zero-order chi connectivity index (χ0) is 26.4. The largest absolute Gasteiger partial charge is 0.381 e. The summed E-state index contributed by atoms with van der Waals surface area (Å²) in [4.78, 5) is 24.4. The zero-order valence-corrected chi connectivity index (χ0v) is 22.1. The van der Waals surface area contributed by atoms with Crippen LogP contribution in [0.5, 0.6) is 0 Å². The van der Waals surface area contributed by atoms with Crippen LogP contribution in [0.1, 0.15) is 73.1 Å². The van der Waals surface area contributed by atoms with Crippen molar-refractivity contribution in [1.82, 2.24) is 24.8 Å². The van der Waals surface area contributed by atoms with Crippen molar-refractivity contribution < 1.29 is 18.3 Å². The molecule has 3 aromatic rings. The molecule has 0 unspecified atom stereocenters. The highest BCUT2D eigenvalue weighted by atomic mass is 19.3. The number of nitrogens with zero attached hydrogens (tertiary/aromatic N) is 4. The van der Waals surface area contributed by atoms with Crippen molar-refractivity contribution in [3.8, 4) is 11.3 Å². The molecule has 0 bridgehead atoms. The number of benzene rings is 1. The van der Waals surface area contributed by atoms with Crippen molar-refractivity contribution in [3.63, 3.8) is 0 Å². The van der Waals surface area contributed by atoms with Crippen LogP contribution in [0.4, 0.5) is 13.6 Å². The number of fused-ring (bicyclic) bond motifs is 2. The van der Waals surface area contributed by atoms with E-state index in [4.69, 9.17) is 14.7 Å². The monoisotopic (exact) mass is 523 g/mol. The van der Waals surface area contributed by atoms with E-state index in [0.29, 0.717) is 38.4 Å². The lowest BCUT2D eigenvalue weighted by Gasteiger charge is -2.32. The van der Waals surface area contributed by atoms with Gasteiger partial charge < -0.3 is 19.5 Å². The van der Waals surface area contributed by atoms with Crippen LogP contribution >= 0.6 is 0 Å². The molecule has 1 N–H and O–H groups in total. The van der Waals surface area contributed by atoms with Gasteiger partial charge in [0.25, 0.3) is 0 Å². The van der Waals surface area contributed by atoms with E-state index in [1.807, 2.05) is 6.20 Å². The molecule has 38 heavy (non-hydrogen) atoms. The van der Waals surface area contributed by atoms with Gasteiger partial charge in [-0.25, -0.2) is 18.6 Å². The average molecular weight is 524 g/mol. The second kappa shape index (κ2) is 9.91. The molecule has 2 aromatic heterocycles. The summed E-state index contributed by atoms with van der Waals surface area (Å²) in [6.45, 7) is 5.20. The molecule has 202 valence electrons. The molecule has 1 aromatic carbocycles. The van der Waals surface area contributed by atoms with Gasteiger partial charge in [0, 0.05) is 80.9 Å². The van der Waals surface area contributed by atoms with Gasteiger partial charge in [-0.2, -0.15) is 0 Å². The molecule has 2 fully saturated rings. The third-order valence-corrected chi connectivity index (χ3v) is 8.63. The van der Waals surface area contributed by atoms with E-state index in [2.05, 4.69) is 35.0 Å². The van der Waals surface area contributed by atoms with Gasteiger partial charge in [-0.3, -0.25) is 4.98 Å². The first-order chi connectivity index (χ1) is 18.3. The Labute approximate surface area is 221 Å². The zero-order valence-electron chi connectivity index (χ0n) is 22.1. The summed E-state index contributed by atoms with van der Waals surface area (Å²) in [5.74, 6) is -1.32. The fourth-order valence-corrected chi connectivity index (χ4v) is 6.41. The molecule has 2 aliphatic heterocycles. The maximum Gasteiger partial charge on any atom is 0.317 e. The maximum absolute atomic E-state index is 14.0. The Morgan fingerprint density at radius 1 is 1.11 bits per heavy atom. The van der Waals surface area contributed by atoms with Crippen LogP contribution < -0.4 is 5.32 Å². The Morgan fingerprint density at radius 3 is 2.61 bits per heavy atom. The van der Waals surface area contributed by atoms with Crippen molar-refractivity contribution in [3.05, 3.63) is 47.2 Å². The predicted molar refractivity (Wildman–Crippen MR) is 142 cm³/mol. The normalized spacial score (nSPS) is 20.5. The fraction of sp³-hybridized carbons (Fsp3) is 0.552. The number of aryl methyl sites for hydroxylation is 1. The predicted octanol–water partition coefficient (Wildman–Crippen LogP) is 5.75. The number of hydrogen-bond acceptors (Lipinski definition) is 4. The minimum absolute atomic E-state index is 0.0118. The third kappa shape index (κ3) is 4.55. The summed E-state index contributed by atoms with van der Waals surface area (Å²) in [6.07, 6.45) is 4.56. The van der Waals surface area contributed by atoms with Crippen LogP contribution in [0.15, 0.2) is 24.4 Å². The van der Waals surface area contributed by atoms with E-state index in [0.717, 1.165) is 70.9 Å². The highest BCUT2D eigenvalue weighted by Crippen LogP contribution is 2.43. The summed E-state index contributed by atoms with van der Waals surface area (Å²) < 4.78 is 35.7. The molecule has 1 saturated carbocycles. The number of pyridine rings is 1. The molecule has 0 atom stereocenters. The van der Waals surface area contributed by atoms with Gasteiger partial charge >= 0.3 is 6.03 Å². The number of hydrogen-bond donors (Lipinski definition) is 1. The number of ether oxygens (including phenoxy) is 1. The molecular formula is C29H35F2N5O2. The standard InChI is InChI=1S/C29H35F2N5O2/c1-18-3-4-21-15-23(19-7-13-38-14-8-19)33-16-22(21)25(18)26-24-17-35(28(37)32-2)11-12-36(24)27(34-26)20-5-9-29(30,31)10-6-20/h3-4,15-16,19-20H,5-14,17H2,1-2H3,(H,32,37). The van der Waals surface area contributed by atoms with Crippen LogP contribution in [0.3, 0.4) is 0 Å². The van der Waals surface area contributed by atoms with Crippen molar-refractivity contribution in [2.45, 2.75) is 76.3 Å². The minimum atomic E-state index is -2.59. The fourth-order valence-electron chi connectivity index (χ4n) is 6.41. The number of carbonyl (C=O) groups excluding carboxylic acids is 1. The number of urea groups is 1. The first-order valence-corrected chi connectivity index (χ1v) is 13.8. The van der Waals surface area contributed by atoms with Crippen molar-refractivity contribution in [2.75, 3.05) is 26.8 Å². The number of alkyl halides is 2. The Morgan fingerprint density at radius 2 is 1.87 bits per heavy atom. The smallest absolute Gasteiger partial charge is 0.317 e. The quantitative estimate of drug-likeness (QED) is 0.475. The van der Waals surface area contributed by atoms with E-state index in [-0.39, 0.29) is 24.8 Å². The van der Waals surface area contributed by atoms with E-state index in [1.54, 1.807) is 11.9 Å². The highest BCUT2D eigenvalue weighted by molar-refractivity contribution is 5.97. The van der Waals surface area contributed by atoms with E-state index in [1.165, 1.54) is 0 Å². The molecule has 3 aliphatic rings. The number of amides is 2. The first kappa shape index (κ1) is 25.2. The maximum atomic E-state index is 14.0. The Hall–Kier alpha value is -3.07. The van der Waals surface area contributed by atoms with Crippen LogP contribution in [0, 0.1) is 6.92 Å². The van der Waals surface area contributed by atoms with Crippen LogP contribution in [0.25, 0.3) is 22.0 Å². The molecule has 0 spiro atoms.